The maximum absolute atomic E-state index is 13.0. The SMILES string of the molecule is CN(C)CCCN1CCc2cc(Nc3ncc4cc(C#N)c(=O)n(C5CCCC5)c4n3)ccc2C1. The van der Waals surface area contributed by atoms with Crippen LogP contribution < -0.4 is 10.9 Å². The van der Waals surface area contributed by atoms with Crippen LogP contribution in [0.1, 0.15) is 54.8 Å². The highest BCUT2D eigenvalue weighted by Gasteiger charge is 2.23. The Morgan fingerprint density at radius 3 is 2.80 bits per heavy atom. The summed E-state index contributed by atoms with van der Waals surface area (Å²) in [5.41, 5.74) is 4.20. The van der Waals surface area contributed by atoms with E-state index in [1.165, 1.54) is 17.5 Å². The molecule has 5 rings (SSSR count). The molecular formula is C27H33N7O. The van der Waals surface area contributed by atoms with Gasteiger partial charge in [0.1, 0.15) is 17.3 Å². The van der Waals surface area contributed by atoms with Gasteiger partial charge in [0.05, 0.1) is 0 Å². The second-order valence-corrected chi connectivity index (χ2v) is 10.0. The van der Waals surface area contributed by atoms with Gasteiger partial charge < -0.3 is 10.2 Å². The predicted molar refractivity (Wildman–Crippen MR) is 138 cm³/mol. The minimum absolute atomic E-state index is 0.0884. The van der Waals surface area contributed by atoms with E-state index in [4.69, 9.17) is 4.98 Å². The summed E-state index contributed by atoms with van der Waals surface area (Å²) >= 11 is 0. The Labute approximate surface area is 206 Å². The number of pyridine rings is 1. The van der Waals surface area contributed by atoms with Crippen molar-refractivity contribution in [2.45, 2.75) is 51.1 Å². The first-order valence-electron chi connectivity index (χ1n) is 12.6. The molecule has 0 unspecified atom stereocenters. The third-order valence-corrected chi connectivity index (χ3v) is 7.22. The molecule has 8 heteroatoms. The number of nitriles is 1. The monoisotopic (exact) mass is 471 g/mol. The van der Waals surface area contributed by atoms with Crippen LogP contribution in [0, 0.1) is 11.3 Å². The van der Waals surface area contributed by atoms with Crippen molar-refractivity contribution < 1.29 is 0 Å². The van der Waals surface area contributed by atoms with Crippen molar-refractivity contribution in [2.75, 3.05) is 39.0 Å². The lowest BCUT2D eigenvalue weighted by Gasteiger charge is -2.29. The van der Waals surface area contributed by atoms with Gasteiger partial charge in [0.2, 0.25) is 5.95 Å². The molecule has 1 aromatic carbocycles. The maximum atomic E-state index is 13.0. The van der Waals surface area contributed by atoms with Crippen LogP contribution in [-0.2, 0) is 13.0 Å². The molecule has 3 aromatic rings. The molecule has 8 nitrogen and oxygen atoms in total. The number of hydrogen-bond donors (Lipinski definition) is 1. The Morgan fingerprint density at radius 1 is 1.20 bits per heavy atom. The van der Waals surface area contributed by atoms with Crippen LogP contribution in [0.5, 0.6) is 0 Å². The summed E-state index contributed by atoms with van der Waals surface area (Å²) in [6, 6.07) is 10.2. The van der Waals surface area contributed by atoms with Crippen LogP contribution in [0.25, 0.3) is 11.0 Å². The summed E-state index contributed by atoms with van der Waals surface area (Å²) in [5.74, 6) is 0.467. The first-order chi connectivity index (χ1) is 17.0. The molecule has 0 amide bonds. The van der Waals surface area contributed by atoms with E-state index >= 15 is 0 Å². The van der Waals surface area contributed by atoms with E-state index < -0.39 is 0 Å². The lowest BCUT2D eigenvalue weighted by molar-refractivity contribution is 0.238. The molecule has 0 bridgehead atoms. The first kappa shape index (κ1) is 23.5. The molecule has 2 aliphatic rings. The van der Waals surface area contributed by atoms with E-state index in [1.807, 2.05) is 6.07 Å². The standard InChI is InChI=1S/C27H33N7O/c1-32(2)11-5-12-33-13-10-19-15-23(9-8-20(19)18-33)30-27-29-17-22-14-21(16-28)26(35)34(25(22)31-27)24-6-3-4-7-24/h8-9,14-15,17,24H,3-7,10-13,18H2,1-2H3,(H,29,30,31). The number of hydrogen-bond acceptors (Lipinski definition) is 7. The van der Waals surface area contributed by atoms with Gasteiger partial charge in [-0.2, -0.15) is 10.2 Å². The number of rotatable bonds is 7. The average molecular weight is 472 g/mol. The van der Waals surface area contributed by atoms with E-state index in [9.17, 15) is 10.1 Å². The van der Waals surface area contributed by atoms with Gasteiger partial charge in [-0.3, -0.25) is 14.3 Å². The summed E-state index contributed by atoms with van der Waals surface area (Å²) in [4.78, 5) is 27.0. The summed E-state index contributed by atoms with van der Waals surface area (Å²) in [5, 5.41) is 13.5. The zero-order valence-electron chi connectivity index (χ0n) is 20.6. The predicted octanol–water partition coefficient (Wildman–Crippen LogP) is 3.83. The number of aromatic nitrogens is 3. The van der Waals surface area contributed by atoms with Crippen LogP contribution in [0.2, 0.25) is 0 Å². The normalized spacial score (nSPS) is 16.5. The highest BCUT2D eigenvalue weighted by molar-refractivity contribution is 5.77. The molecule has 0 atom stereocenters. The fourth-order valence-electron chi connectivity index (χ4n) is 5.38. The lowest BCUT2D eigenvalue weighted by atomic mass is 9.99. The van der Waals surface area contributed by atoms with E-state index in [1.54, 1.807) is 16.8 Å². The van der Waals surface area contributed by atoms with E-state index in [0.717, 1.165) is 69.4 Å². The van der Waals surface area contributed by atoms with Gasteiger partial charge in [0.25, 0.3) is 5.56 Å². The maximum Gasteiger partial charge on any atom is 0.270 e. The van der Waals surface area contributed by atoms with Gasteiger partial charge in [0, 0.05) is 36.4 Å². The van der Waals surface area contributed by atoms with Gasteiger partial charge in [-0.25, -0.2) is 4.98 Å². The van der Waals surface area contributed by atoms with Gasteiger partial charge in [-0.15, -0.1) is 0 Å². The van der Waals surface area contributed by atoms with Gasteiger partial charge >= 0.3 is 0 Å². The number of nitrogens with zero attached hydrogens (tertiary/aromatic N) is 6. The minimum atomic E-state index is -0.250. The number of nitrogens with one attached hydrogen (secondary N) is 1. The molecule has 0 spiro atoms. The number of anilines is 2. The highest BCUT2D eigenvalue weighted by Crippen LogP contribution is 2.31. The molecule has 1 saturated carbocycles. The number of benzene rings is 1. The van der Waals surface area contributed by atoms with Gasteiger partial charge in [0.15, 0.2) is 0 Å². The molecule has 1 aliphatic heterocycles. The zero-order chi connectivity index (χ0) is 24.4. The van der Waals surface area contributed by atoms with Gasteiger partial charge in [-0.1, -0.05) is 18.9 Å². The molecule has 0 radical (unpaired) electrons. The lowest BCUT2D eigenvalue weighted by Crippen LogP contribution is -2.32. The van der Waals surface area contributed by atoms with Crippen LogP contribution in [0.4, 0.5) is 11.6 Å². The van der Waals surface area contributed by atoms with Crippen molar-refractivity contribution in [1.29, 1.82) is 5.26 Å². The summed E-state index contributed by atoms with van der Waals surface area (Å²) in [6.07, 6.45) is 7.98. The molecule has 0 saturated heterocycles. The van der Waals surface area contributed by atoms with Crippen molar-refractivity contribution in [2.24, 2.45) is 0 Å². The van der Waals surface area contributed by atoms with E-state index in [2.05, 4.69) is 52.4 Å². The Kier molecular flexibility index (Phi) is 6.80. The summed E-state index contributed by atoms with van der Waals surface area (Å²) < 4.78 is 1.73. The molecule has 1 fully saturated rings. The molecular weight excluding hydrogens is 438 g/mol. The Hall–Kier alpha value is -3.28. The fraction of sp³-hybridized carbons (Fsp3) is 0.481. The van der Waals surface area contributed by atoms with Crippen molar-refractivity contribution in [3.8, 4) is 6.07 Å². The quantitative estimate of drug-likeness (QED) is 0.560. The number of fused-ring (bicyclic) bond motifs is 2. The Bertz CT molecular complexity index is 1320. The smallest absolute Gasteiger partial charge is 0.270 e. The average Bonchev–Trinajstić information content (AvgIpc) is 3.38. The van der Waals surface area contributed by atoms with E-state index in [0.29, 0.717) is 11.6 Å². The zero-order valence-corrected chi connectivity index (χ0v) is 20.6. The van der Waals surface area contributed by atoms with Gasteiger partial charge in [-0.05, 0) is 82.2 Å². The van der Waals surface area contributed by atoms with Crippen molar-refractivity contribution >= 4 is 22.7 Å². The molecule has 1 aliphatic carbocycles. The molecule has 2 aromatic heterocycles. The molecule has 1 N–H and O–H groups in total. The summed E-state index contributed by atoms with van der Waals surface area (Å²) in [7, 11) is 4.24. The van der Waals surface area contributed by atoms with Crippen molar-refractivity contribution in [3.05, 3.63) is 57.5 Å². The van der Waals surface area contributed by atoms with Crippen LogP contribution in [0.15, 0.2) is 35.3 Å². The fourth-order valence-corrected chi connectivity index (χ4v) is 5.38. The third kappa shape index (κ3) is 5.07. The van der Waals surface area contributed by atoms with Crippen LogP contribution in [-0.4, -0.2) is 58.1 Å². The second kappa shape index (κ2) is 10.1. The van der Waals surface area contributed by atoms with Crippen LogP contribution in [0.3, 0.4) is 0 Å². The summed E-state index contributed by atoms with van der Waals surface area (Å²) in [6.45, 7) is 4.30. The van der Waals surface area contributed by atoms with Crippen LogP contribution >= 0.6 is 0 Å². The van der Waals surface area contributed by atoms with Crippen molar-refractivity contribution in [1.82, 2.24) is 24.3 Å². The first-order valence-corrected chi connectivity index (χ1v) is 12.6. The highest BCUT2D eigenvalue weighted by atomic mass is 16.1. The third-order valence-electron chi connectivity index (χ3n) is 7.22. The molecule has 182 valence electrons. The second-order valence-electron chi connectivity index (χ2n) is 10.0. The van der Waals surface area contributed by atoms with E-state index in [-0.39, 0.29) is 17.2 Å². The Morgan fingerprint density at radius 2 is 2.03 bits per heavy atom. The molecule has 35 heavy (non-hydrogen) atoms. The largest absolute Gasteiger partial charge is 0.324 e. The molecule has 3 heterocycles. The topological polar surface area (TPSA) is 90.1 Å². The Balaban J connectivity index is 1.37. The minimum Gasteiger partial charge on any atom is -0.324 e. The van der Waals surface area contributed by atoms with Crippen molar-refractivity contribution in [3.63, 3.8) is 0 Å².